The van der Waals surface area contributed by atoms with Gasteiger partial charge in [0, 0.05) is 156 Å². The molecule has 0 fully saturated rings. The monoisotopic (exact) mass is 1510 g/mol. The largest absolute Gasteiger partial charge is 0.506 e. The second-order valence-electron chi connectivity index (χ2n) is 25.7. The molecule has 0 saturated heterocycles. The van der Waals surface area contributed by atoms with Crippen molar-refractivity contribution in [3.05, 3.63) is 117 Å². The van der Waals surface area contributed by atoms with Crippen molar-refractivity contribution in [1.82, 2.24) is 83.0 Å². The van der Waals surface area contributed by atoms with E-state index in [0.29, 0.717) is 12.8 Å². The van der Waals surface area contributed by atoms with Crippen LogP contribution in [0.2, 0.25) is 0 Å². The van der Waals surface area contributed by atoms with Gasteiger partial charge in [0.05, 0.1) is 44.5 Å². The molecule has 37 nitrogen and oxygen atoms in total. The van der Waals surface area contributed by atoms with Gasteiger partial charge in [0.2, 0.25) is 11.8 Å². The zero-order chi connectivity index (χ0) is 78.2. The number of hydrogen-bond donors (Lipinski definition) is 18. The Morgan fingerprint density at radius 2 is 0.713 bits per heavy atom. The van der Waals surface area contributed by atoms with Crippen LogP contribution in [0.25, 0.3) is 0 Å². The minimum absolute atomic E-state index is 0.0181. The summed E-state index contributed by atoms with van der Waals surface area (Å²) in [6.07, 6.45) is -0.708. The Bertz CT molecular complexity index is 3840. The number of carbonyl (C=O) groups is 14. The Morgan fingerprint density at radius 1 is 0.407 bits per heavy atom. The molecule has 0 aromatic heterocycles. The number of carboxylic acids is 2. The molecule has 584 valence electrons. The summed E-state index contributed by atoms with van der Waals surface area (Å²) >= 11 is 0. The molecule has 13 amide bonds. The van der Waals surface area contributed by atoms with E-state index in [1.54, 1.807) is 0 Å². The molecule has 0 aliphatic carbocycles. The molecule has 37 heteroatoms. The summed E-state index contributed by atoms with van der Waals surface area (Å²) in [5, 5.41) is 104. The summed E-state index contributed by atoms with van der Waals surface area (Å²) in [7, 11) is 0. The average molecular weight is 1510 g/mol. The molecule has 5 unspecified atom stereocenters. The van der Waals surface area contributed by atoms with Gasteiger partial charge in [-0.25, -0.2) is 19.3 Å². The maximum absolute atomic E-state index is 14.6. The molecule has 4 aromatic carbocycles. The highest BCUT2D eigenvalue weighted by molar-refractivity contribution is 6.07. The number of fused-ring (bicyclic) bond motifs is 26. The smallest absolute Gasteiger partial charge is 0.416 e. The number of nitrogens with zero attached hydrogens (tertiary/aromatic N) is 5. The van der Waals surface area contributed by atoms with Crippen molar-refractivity contribution < 1.29 is 103 Å². The van der Waals surface area contributed by atoms with E-state index in [0.717, 1.165) is 0 Å². The molecule has 4 heterocycles. The Balaban J connectivity index is 1.15. The Labute approximate surface area is 620 Å². The van der Waals surface area contributed by atoms with Crippen LogP contribution in [-0.4, -0.2) is 299 Å². The van der Waals surface area contributed by atoms with E-state index in [9.17, 15) is 97.8 Å². The predicted molar refractivity (Wildman–Crippen MR) is 386 cm³/mol. The fourth-order valence-corrected chi connectivity index (χ4v) is 12.1. The topological polar surface area (TPSA) is 529 Å². The Morgan fingerprint density at radius 3 is 1.03 bits per heavy atom. The summed E-state index contributed by atoms with van der Waals surface area (Å²) < 4.78 is 0. The molecular formula is C71H94N16O21. The maximum atomic E-state index is 14.6. The van der Waals surface area contributed by atoms with Crippen molar-refractivity contribution in [3.8, 4) is 23.0 Å². The molecule has 108 heavy (non-hydrogen) atoms. The minimum Gasteiger partial charge on any atom is -0.506 e. The van der Waals surface area contributed by atoms with Crippen LogP contribution in [0, 0.1) is 0 Å². The molecule has 18 N–H and O–H groups in total. The number of unbranched alkanes of at least 4 members (excludes halogenated alkanes) is 2. The first-order chi connectivity index (χ1) is 51.8. The first-order valence-corrected chi connectivity index (χ1v) is 35.5. The standard InChI is InChI=1S/C71H94N16O21/c88-54(20-9-21-55(89)73-23-4-2-19-53(69(104)105)82-70(106)87(71(107)108)43-56(90)91)72-22-3-1-10-44-42-86-37-30-80-66(101)50-16-7-15-49(59(50)94)63(98)76-25-32-83-31-24-74-61(96)45-11-5-13-47(57(45)92)64(99)77-28-35-85(40-41-86)36-29-78-65(100)48-14-6-12-46(58(48)93)62(97)75-26-33-84(39-38-83)34-27-79-67(102)51-17-8-18-52(60(51)95)68(103)81-44/h5-8,11-18,44,53,92-95H,1-4,9-10,19-43H2,(H,72,88)(H,73,89)(H,74,96)(H,75,97)(H,76,98)(H,77,99)(H,78,100)(H,79,102)(H,80,101)(H,81,103)(H,82,106)(H,90,91)(H,104,105)(H,107,108)/t44?,53-/m0/s1. The summed E-state index contributed by atoms with van der Waals surface area (Å²) in [5.41, 5.74) is -1.72. The van der Waals surface area contributed by atoms with Crippen LogP contribution in [0.5, 0.6) is 23.0 Å². The number of hydrogen-bond acceptors (Lipinski definition) is 22. The van der Waals surface area contributed by atoms with Gasteiger partial charge in [0.25, 0.3) is 47.3 Å². The molecule has 4 aromatic rings. The highest BCUT2D eigenvalue weighted by Gasteiger charge is 2.30. The van der Waals surface area contributed by atoms with Crippen LogP contribution in [0.4, 0.5) is 9.59 Å². The van der Waals surface area contributed by atoms with Gasteiger partial charge in [0.15, 0.2) is 0 Å². The number of carboxylic acid groups (broad SMARTS) is 3. The van der Waals surface area contributed by atoms with Gasteiger partial charge in [0.1, 0.15) is 35.6 Å². The highest BCUT2D eigenvalue weighted by atomic mass is 16.4. The molecule has 8 rings (SSSR count). The van der Waals surface area contributed by atoms with Gasteiger partial charge in [-0.1, -0.05) is 24.3 Å². The fourth-order valence-electron chi connectivity index (χ4n) is 12.1. The number of phenols is 4. The number of phenolic OH excluding ortho intramolecular Hbond substituents is 4. The van der Waals surface area contributed by atoms with Crippen LogP contribution < -0.4 is 58.5 Å². The first kappa shape index (κ1) is 83.6. The summed E-state index contributed by atoms with van der Waals surface area (Å²) in [6.45, 7) is -0.00177. The lowest BCUT2D eigenvalue weighted by atomic mass is 10.0. The van der Waals surface area contributed by atoms with E-state index in [-0.39, 0.29) is 238 Å². The van der Waals surface area contributed by atoms with Crippen LogP contribution in [-0.2, 0) is 19.2 Å². The number of benzene rings is 4. The predicted octanol–water partition coefficient (Wildman–Crippen LogP) is -0.964. The summed E-state index contributed by atoms with van der Waals surface area (Å²) in [6, 6.07) is 12.7. The summed E-state index contributed by atoms with van der Waals surface area (Å²) in [5.74, 6) is -12.2. The van der Waals surface area contributed by atoms with Crippen molar-refractivity contribution in [2.24, 2.45) is 0 Å². The number of rotatable bonds is 18. The Kier molecular flexibility index (Phi) is 32.8. The van der Waals surface area contributed by atoms with E-state index in [4.69, 9.17) is 5.11 Å². The number of carbonyl (C=O) groups excluding carboxylic acids is 11. The third-order valence-electron chi connectivity index (χ3n) is 18.1. The van der Waals surface area contributed by atoms with Crippen molar-refractivity contribution >= 4 is 83.1 Å². The molecular weight excluding hydrogens is 1410 g/mol. The summed E-state index contributed by atoms with van der Waals surface area (Å²) in [4.78, 5) is 192. The number of imide groups is 1. The maximum Gasteiger partial charge on any atom is 0.416 e. The van der Waals surface area contributed by atoms with Crippen LogP contribution in [0.3, 0.4) is 0 Å². The van der Waals surface area contributed by atoms with E-state index < -0.39 is 119 Å². The van der Waals surface area contributed by atoms with Crippen LogP contribution >= 0.6 is 0 Å². The molecule has 12 bridgehead atoms. The number of urea groups is 1. The molecule has 4 aliphatic rings. The Hall–Kier alpha value is -11.7. The van der Waals surface area contributed by atoms with E-state index in [1.807, 2.05) is 24.9 Å². The zero-order valence-electron chi connectivity index (χ0n) is 59.6. The van der Waals surface area contributed by atoms with Gasteiger partial charge >= 0.3 is 24.1 Å². The van der Waals surface area contributed by atoms with Crippen molar-refractivity contribution in [3.63, 3.8) is 0 Å². The lowest BCUT2D eigenvalue weighted by Crippen LogP contribution is -2.51. The van der Waals surface area contributed by atoms with Crippen molar-refractivity contribution in [1.29, 1.82) is 0 Å². The van der Waals surface area contributed by atoms with Gasteiger partial charge in [-0.3, -0.25) is 72.3 Å². The average Bonchev–Trinajstić information content (AvgIpc) is 0.849. The number of nitrogens with one attached hydrogen (secondary N) is 11. The third-order valence-corrected chi connectivity index (χ3v) is 18.1. The number of para-hydroxylation sites is 4. The number of aliphatic carboxylic acids is 2. The normalized spacial score (nSPS) is 19.6. The van der Waals surface area contributed by atoms with E-state index >= 15 is 0 Å². The minimum atomic E-state index is -1.90. The lowest BCUT2D eigenvalue weighted by Gasteiger charge is -2.31. The zero-order valence-corrected chi connectivity index (χ0v) is 59.6. The first-order valence-electron chi connectivity index (χ1n) is 35.5. The third kappa shape index (κ3) is 25.8. The van der Waals surface area contributed by atoms with Gasteiger partial charge in [-0.2, -0.15) is 0 Å². The van der Waals surface area contributed by atoms with Crippen LogP contribution in [0.1, 0.15) is 141 Å². The van der Waals surface area contributed by atoms with Crippen LogP contribution in [0.15, 0.2) is 72.8 Å². The van der Waals surface area contributed by atoms with E-state index in [1.165, 1.54) is 72.8 Å². The second kappa shape index (κ2) is 42.4. The molecule has 0 saturated carbocycles. The molecule has 0 spiro atoms. The molecule has 6 atom stereocenters. The molecule has 0 radical (unpaired) electrons. The fraction of sp³-hybridized carbons (Fsp3) is 0.465. The SMILES string of the molecule is O=C(O)CN(C(=O)O)C(=O)N[C@@H](CCCCNC(=O)CCCC(=O)NCCCCC1CN2CCNC(=O)c3cccc(c3O)C(=O)NCCN3CCNC(=O)c4cccc(c4O)C(=O)NCCN(CCNC(=O)c4cccc(c4O)C(=O)NCCN(CCNC(=O)c4cccc(c4O)C(=O)N1)CC3)CC2)C(=O)O. The van der Waals surface area contributed by atoms with Crippen molar-refractivity contribution in [2.45, 2.75) is 69.9 Å². The second-order valence-corrected chi connectivity index (χ2v) is 25.7. The quantitative estimate of drug-likeness (QED) is 0.0533. The number of aromatic hydroxyl groups is 4. The highest BCUT2D eigenvalue weighted by Crippen LogP contribution is 2.27. The van der Waals surface area contributed by atoms with Gasteiger partial charge in [-0.05, 0) is 93.5 Å². The van der Waals surface area contributed by atoms with Gasteiger partial charge in [-0.15, -0.1) is 0 Å². The van der Waals surface area contributed by atoms with Crippen molar-refractivity contribution in [2.75, 3.05) is 144 Å². The van der Waals surface area contributed by atoms with Gasteiger partial charge < -0.3 is 94.2 Å². The number of amides is 13. The van der Waals surface area contributed by atoms with E-state index in [2.05, 4.69) is 53.2 Å². The lowest BCUT2D eigenvalue weighted by molar-refractivity contribution is -0.139. The molecule has 4 aliphatic heterocycles.